The number of ether oxygens (including phenoxy) is 1. The number of aliphatic hydroxyl groups is 1. The second kappa shape index (κ2) is 8.34. The lowest BCUT2D eigenvalue weighted by Gasteiger charge is -2.26. The first-order chi connectivity index (χ1) is 17.8. The fraction of sp³-hybridized carbons (Fsp3) is 0.522. The fourth-order valence-electron chi connectivity index (χ4n) is 4.98. The summed E-state index contributed by atoms with van der Waals surface area (Å²) in [6.07, 6.45) is -6.78. The number of aryl methyl sites for hydroxylation is 1. The zero-order valence-electron chi connectivity index (χ0n) is 19.9. The number of hydrogen-bond donors (Lipinski definition) is 4. The molecule has 3 aromatic rings. The van der Waals surface area contributed by atoms with Crippen molar-refractivity contribution in [2.24, 2.45) is 0 Å². The number of nitrogen functional groups attached to an aromatic ring is 1. The Kier molecular flexibility index (Phi) is 5.59. The van der Waals surface area contributed by atoms with Crippen LogP contribution in [0.25, 0.3) is 22.4 Å². The Labute approximate surface area is 217 Å². The zero-order valence-corrected chi connectivity index (χ0v) is 20.6. The summed E-state index contributed by atoms with van der Waals surface area (Å²) in [5.41, 5.74) is 6.21. The average Bonchev–Trinajstić information content (AvgIpc) is 3.74. The van der Waals surface area contributed by atoms with E-state index in [-0.39, 0.29) is 46.0 Å². The molecule has 1 aromatic carbocycles. The van der Waals surface area contributed by atoms with Gasteiger partial charge in [-0.05, 0) is 38.0 Å². The van der Waals surface area contributed by atoms with Crippen molar-refractivity contribution < 1.29 is 31.8 Å². The van der Waals surface area contributed by atoms with Crippen molar-refractivity contribution in [2.45, 2.75) is 74.8 Å². The van der Waals surface area contributed by atoms with Crippen LogP contribution in [0.4, 0.5) is 33.6 Å². The quantitative estimate of drug-likeness (QED) is 0.254. The average molecular weight is 560 g/mol. The van der Waals surface area contributed by atoms with Gasteiger partial charge >= 0.3 is 12.1 Å². The number of fused-ring (bicyclic) bond motifs is 2. The summed E-state index contributed by atoms with van der Waals surface area (Å²) < 4.78 is 72.3. The Bertz CT molecular complexity index is 1430. The summed E-state index contributed by atoms with van der Waals surface area (Å²) >= 11 is 6.07. The van der Waals surface area contributed by atoms with Crippen LogP contribution in [-0.2, 0) is 16.7 Å². The van der Waals surface area contributed by atoms with Crippen molar-refractivity contribution in [3.8, 4) is 11.5 Å². The SMILES string of the molecule is CC1(C2OC2NC2CC2)c2c(N)nc(-c3nn(CCC(F)(F)C(F)(F)F)c4cc(Cl)ccc34)nc2N[C@@H]1O. The highest BCUT2D eigenvalue weighted by Crippen LogP contribution is 2.51. The van der Waals surface area contributed by atoms with Crippen molar-refractivity contribution in [1.82, 2.24) is 25.1 Å². The van der Waals surface area contributed by atoms with Crippen LogP contribution in [0.2, 0.25) is 5.02 Å². The van der Waals surface area contributed by atoms with Crippen molar-refractivity contribution in [3.63, 3.8) is 0 Å². The van der Waals surface area contributed by atoms with Crippen LogP contribution in [0.5, 0.6) is 0 Å². The third-order valence-corrected chi connectivity index (χ3v) is 7.59. The van der Waals surface area contributed by atoms with E-state index >= 15 is 0 Å². The molecule has 38 heavy (non-hydrogen) atoms. The largest absolute Gasteiger partial charge is 0.453 e. The van der Waals surface area contributed by atoms with E-state index in [2.05, 4.69) is 25.7 Å². The molecule has 1 saturated carbocycles. The van der Waals surface area contributed by atoms with Crippen LogP contribution in [0.15, 0.2) is 18.2 Å². The minimum absolute atomic E-state index is 0.00299. The molecule has 15 heteroatoms. The molecular weight excluding hydrogens is 537 g/mol. The van der Waals surface area contributed by atoms with Crippen molar-refractivity contribution in [3.05, 3.63) is 28.8 Å². The molecule has 204 valence electrons. The number of anilines is 2. The summed E-state index contributed by atoms with van der Waals surface area (Å²) in [5.74, 6) is -4.59. The first kappa shape index (κ1) is 25.5. The number of nitrogens with two attached hydrogens (primary N) is 1. The maximum absolute atomic E-state index is 13.6. The van der Waals surface area contributed by atoms with Gasteiger partial charge in [0.2, 0.25) is 0 Å². The van der Waals surface area contributed by atoms with Gasteiger partial charge in [-0.15, -0.1) is 0 Å². The standard InChI is InChI=1S/C23H23ClF5N7O2/c1-21(15-19(38-15)31-10-3-4-10)13-16(30)32-18(33-17(13)34-20(21)37)14-11-5-2-9(24)8-12(11)36(35-14)7-6-22(25,26)23(27,28)29/h2,5,8,10,15,19-20,31,37H,3-4,6-7H2,1H3,(H3,30,32,33,34)/t15?,19?,20-,21?/m1/s1. The Balaban J connectivity index is 1.36. The molecule has 2 aromatic heterocycles. The molecule has 3 aliphatic rings. The molecule has 0 radical (unpaired) electrons. The summed E-state index contributed by atoms with van der Waals surface area (Å²) in [7, 11) is 0. The second-order valence-corrected chi connectivity index (χ2v) is 10.5. The number of alkyl halides is 5. The molecule has 6 rings (SSSR count). The summed E-state index contributed by atoms with van der Waals surface area (Å²) in [6.45, 7) is 1.05. The van der Waals surface area contributed by atoms with E-state index in [1.54, 1.807) is 13.0 Å². The molecule has 0 amide bonds. The van der Waals surface area contributed by atoms with Gasteiger partial charge in [-0.25, -0.2) is 9.97 Å². The molecule has 3 unspecified atom stereocenters. The zero-order chi connectivity index (χ0) is 27.2. The van der Waals surface area contributed by atoms with E-state index in [1.807, 2.05) is 0 Å². The number of nitrogens with zero attached hydrogens (tertiary/aromatic N) is 4. The lowest BCUT2D eigenvalue weighted by atomic mass is 9.80. The second-order valence-electron chi connectivity index (χ2n) is 10.1. The molecule has 2 fully saturated rings. The maximum atomic E-state index is 13.6. The number of rotatable bonds is 7. The number of epoxide rings is 1. The van der Waals surface area contributed by atoms with Crippen LogP contribution < -0.4 is 16.4 Å². The molecular formula is C23H23ClF5N7O2. The Morgan fingerprint density at radius 3 is 2.68 bits per heavy atom. The summed E-state index contributed by atoms with van der Waals surface area (Å²) in [6, 6.07) is 4.87. The van der Waals surface area contributed by atoms with Gasteiger partial charge < -0.3 is 20.9 Å². The number of aromatic nitrogens is 4. The molecule has 1 aliphatic carbocycles. The number of hydrogen-bond acceptors (Lipinski definition) is 8. The fourth-order valence-corrected chi connectivity index (χ4v) is 5.15. The molecule has 0 bridgehead atoms. The van der Waals surface area contributed by atoms with Crippen LogP contribution in [0.1, 0.15) is 31.7 Å². The number of halogens is 6. The molecule has 2 aliphatic heterocycles. The van der Waals surface area contributed by atoms with E-state index < -0.39 is 36.7 Å². The normalized spacial score (nSPS) is 27.0. The molecule has 9 nitrogen and oxygen atoms in total. The van der Waals surface area contributed by atoms with E-state index in [0.717, 1.165) is 17.5 Å². The van der Waals surface area contributed by atoms with Gasteiger partial charge in [0, 0.05) is 35.0 Å². The van der Waals surface area contributed by atoms with Crippen molar-refractivity contribution >= 4 is 34.1 Å². The minimum Gasteiger partial charge on any atom is -0.383 e. The third kappa shape index (κ3) is 4.05. The lowest BCUT2D eigenvalue weighted by Crippen LogP contribution is -2.43. The highest BCUT2D eigenvalue weighted by Gasteiger charge is 2.62. The van der Waals surface area contributed by atoms with E-state index in [1.165, 1.54) is 12.1 Å². The minimum atomic E-state index is -5.69. The molecule has 1 saturated heterocycles. The summed E-state index contributed by atoms with van der Waals surface area (Å²) in [4.78, 5) is 8.89. The van der Waals surface area contributed by atoms with Crippen molar-refractivity contribution in [2.75, 3.05) is 11.1 Å². The summed E-state index contributed by atoms with van der Waals surface area (Å²) in [5, 5.41) is 22.1. The van der Waals surface area contributed by atoms with E-state index in [0.29, 0.717) is 17.0 Å². The highest BCUT2D eigenvalue weighted by atomic mass is 35.5. The van der Waals surface area contributed by atoms with Gasteiger partial charge in [0.1, 0.15) is 35.9 Å². The van der Waals surface area contributed by atoms with Crippen LogP contribution in [0.3, 0.4) is 0 Å². The number of benzene rings is 1. The van der Waals surface area contributed by atoms with Gasteiger partial charge in [0.15, 0.2) is 5.82 Å². The number of aliphatic hydroxyl groups excluding tert-OH is 1. The monoisotopic (exact) mass is 559 g/mol. The molecule has 4 heterocycles. The molecule has 0 spiro atoms. The first-order valence-corrected chi connectivity index (χ1v) is 12.3. The number of nitrogens with one attached hydrogen (secondary N) is 2. The van der Waals surface area contributed by atoms with Crippen molar-refractivity contribution in [1.29, 1.82) is 0 Å². The Morgan fingerprint density at radius 2 is 2.00 bits per heavy atom. The van der Waals surface area contributed by atoms with Gasteiger partial charge in [-0.3, -0.25) is 10.00 Å². The Hall–Kier alpha value is -2.81. The predicted octanol–water partition coefficient (Wildman–Crippen LogP) is 3.80. The van der Waals surface area contributed by atoms with Gasteiger partial charge in [0.25, 0.3) is 0 Å². The maximum Gasteiger partial charge on any atom is 0.453 e. The van der Waals surface area contributed by atoms with Crippen LogP contribution in [0, 0.1) is 0 Å². The predicted molar refractivity (Wildman–Crippen MR) is 128 cm³/mol. The van der Waals surface area contributed by atoms with Crippen LogP contribution in [-0.4, -0.2) is 61.6 Å². The lowest BCUT2D eigenvalue weighted by molar-refractivity contribution is -0.285. The highest BCUT2D eigenvalue weighted by molar-refractivity contribution is 6.31. The van der Waals surface area contributed by atoms with Crippen LogP contribution >= 0.6 is 11.6 Å². The van der Waals surface area contributed by atoms with Gasteiger partial charge in [0.05, 0.1) is 10.9 Å². The van der Waals surface area contributed by atoms with E-state index in [9.17, 15) is 27.1 Å². The molecule has 4 atom stereocenters. The Morgan fingerprint density at radius 1 is 1.26 bits per heavy atom. The third-order valence-electron chi connectivity index (χ3n) is 7.35. The first-order valence-electron chi connectivity index (χ1n) is 11.9. The van der Waals surface area contributed by atoms with E-state index in [4.69, 9.17) is 22.1 Å². The molecule has 5 N–H and O–H groups in total. The topological polar surface area (TPSA) is 126 Å². The van der Waals surface area contributed by atoms with Gasteiger partial charge in [-0.1, -0.05) is 11.6 Å². The smallest absolute Gasteiger partial charge is 0.383 e. The van der Waals surface area contributed by atoms with Gasteiger partial charge in [-0.2, -0.15) is 27.1 Å².